The lowest BCUT2D eigenvalue weighted by molar-refractivity contribution is -0.124. The van der Waals surface area contributed by atoms with Crippen molar-refractivity contribution in [1.82, 2.24) is 19.8 Å². The van der Waals surface area contributed by atoms with E-state index in [0.717, 1.165) is 22.2 Å². The Morgan fingerprint density at radius 1 is 1.28 bits per heavy atom. The summed E-state index contributed by atoms with van der Waals surface area (Å²) in [6, 6.07) is 6.50. The Kier molecular flexibility index (Phi) is 5.37. The van der Waals surface area contributed by atoms with Crippen LogP contribution in [0.15, 0.2) is 34.2 Å². The predicted molar refractivity (Wildman–Crippen MR) is 116 cm³/mol. The molecular formula is C19H17ClN4O3S2. The number of nitrogens with one attached hydrogen (secondary N) is 1. The fraction of sp³-hybridized carbons (Fsp3) is 0.263. The number of carbonyl (C=O) groups is 2. The first kappa shape index (κ1) is 19.9. The molecule has 1 aliphatic heterocycles. The molecule has 0 aliphatic carbocycles. The molecule has 29 heavy (non-hydrogen) atoms. The molecule has 2 aromatic heterocycles. The maximum Gasteiger partial charge on any atom is 0.324 e. The van der Waals surface area contributed by atoms with Gasteiger partial charge in [-0.25, -0.2) is 9.78 Å². The lowest BCUT2D eigenvalue weighted by Gasteiger charge is -2.14. The number of amides is 3. The number of hydrogen-bond donors (Lipinski definition) is 1. The zero-order valence-electron chi connectivity index (χ0n) is 15.7. The number of carbonyl (C=O) groups excluding carboxylic acids is 2. The van der Waals surface area contributed by atoms with E-state index < -0.39 is 6.03 Å². The maximum atomic E-state index is 13.3. The number of nitrogens with zero attached hydrogens (tertiary/aromatic N) is 3. The van der Waals surface area contributed by atoms with Crippen molar-refractivity contribution in [1.29, 1.82) is 0 Å². The second-order valence-electron chi connectivity index (χ2n) is 6.54. The summed E-state index contributed by atoms with van der Waals surface area (Å²) in [6.45, 7) is 4.66. The van der Waals surface area contributed by atoms with Crippen molar-refractivity contribution < 1.29 is 9.59 Å². The minimum absolute atomic E-state index is 0.00228. The van der Waals surface area contributed by atoms with Crippen molar-refractivity contribution in [2.45, 2.75) is 19.0 Å². The number of fused-ring (bicyclic) bond motifs is 1. The van der Waals surface area contributed by atoms with Crippen molar-refractivity contribution in [2.75, 3.05) is 18.8 Å². The summed E-state index contributed by atoms with van der Waals surface area (Å²) in [5.74, 6) is -0.317. The molecule has 3 aromatic rings. The number of hydrogen-bond acceptors (Lipinski definition) is 6. The molecule has 0 radical (unpaired) electrons. The largest absolute Gasteiger partial charge is 0.336 e. The van der Waals surface area contributed by atoms with E-state index in [4.69, 9.17) is 11.6 Å². The Morgan fingerprint density at radius 2 is 2.00 bits per heavy atom. The standard InChI is InChI=1S/C19H17ClN4O3S2/c1-10-11(2)29-16-15(10)17(26)24(13-5-3-12(20)4-6-13)19(22-16)28-9-14(25)23-8-7-21-18(23)27/h3-6H,7-9H2,1-2H3,(H,21,27). The van der Waals surface area contributed by atoms with E-state index in [9.17, 15) is 14.4 Å². The summed E-state index contributed by atoms with van der Waals surface area (Å²) in [6.07, 6.45) is 0. The second kappa shape index (κ2) is 7.81. The molecule has 10 heteroatoms. The monoisotopic (exact) mass is 448 g/mol. The Morgan fingerprint density at radius 3 is 2.66 bits per heavy atom. The molecule has 0 saturated carbocycles. The van der Waals surface area contributed by atoms with Gasteiger partial charge in [-0.2, -0.15) is 0 Å². The van der Waals surface area contributed by atoms with Gasteiger partial charge in [-0.3, -0.25) is 19.1 Å². The molecule has 0 atom stereocenters. The molecule has 1 N–H and O–H groups in total. The lowest BCUT2D eigenvalue weighted by Crippen LogP contribution is -2.35. The minimum atomic E-state index is -0.390. The SMILES string of the molecule is Cc1sc2nc(SCC(=O)N3CCNC3=O)n(-c3ccc(Cl)cc3)c(=O)c2c1C. The van der Waals surface area contributed by atoms with Gasteiger partial charge in [0, 0.05) is 23.0 Å². The fourth-order valence-electron chi connectivity index (χ4n) is 3.10. The molecule has 7 nitrogen and oxygen atoms in total. The molecule has 1 saturated heterocycles. The highest BCUT2D eigenvalue weighted by atomic mass is 35.5. The van der Waals surface area contributed by atoms with Crippen LogP contribution in [0.1, 0.15) is 10.4 Å². The van der Waals surface area contributed by atoms with E-state index >= 15 is 0 Å². The van der Waals surface area contributed by atoms with Crippen LogP contribution >= 0.6 is 34.7 Å². The number of rotatable bonds is 4. The highest BCUT2D eigenvalue weighted by Crippen LogP contribution is 2.30. The minimum Gasteiger partial charge on any atom is -0.336 e. The van der Waals surface area contributed by atoms with Crippen molar-refractivity contribution >= 4 is 56.9 Å². The van der Waals surface area contributed by atoms with Crippen LogP contribution in [-0.4, -0.2) is 45.2 Å². The van der Waals surface area contributed by atoms with Crippen LogP contribution < -0.4 is 10.9 Å². The molecular weight excluding hydrogens is 432 g/mol. The van der Waals surface area contributed by atoms with E-state index in [1.54, 1.807) is 24.3 Å². The molecule has 3 heterocycles. The van der Waals surface area contributed by atoms with Gasteiger partial charge in [-0.15, -0.1) is 11.3 Å². The first-order chi connectivity index (χ1) is 13.9. The molecule has 150 valence electrons. The number of thiophene rings is 1. The van der Waals surface area contributed by atoms with Crippen LogP contribution in [-0.2, 0) is 4.79 Å². The molecule has 0 bridgehead atoms. The van der Waals surface area contributed by atoms with E-state index in [0.29, 0.717) is 39.2 Å². The van der Waals surface area contributed by atoms with Gasteiger partial charge in [0.25, 0.3) is 5.56 Å². The predicted octanol–water partition coefficient (Wildman–Crippen LogP) is 3.36. The number of urea groups is 1. The third-order valence-electron chi connectivity index (χ3n) is 4.74. The zero-order valence-corrected chi connectivity index (χ0v) is 18.1. The highest BCUT2D eigenvalue weighted by Gasteiger charge is 2.27. The van der Waals surface area contributed by atoms with Gasteiger partial charge in [-0.1, -0.05) is 23.4 Å². The summed E-state index contributed by atoms with van der Waals surface area (Å²) >= 11 is 8.59. The van der Waals surface area contributed by atoms with Gasteiger partial charge in [0.1, 0.15) is 4.83 Å². The average molecular weight is 449 g/mol. The van der Waals surface area contributed by atoms with Gasteiger partial charge < -0.3 is 5.32 Å². The quantitative estimate of drug-likeness (QED) is 0.488. The molecule has 0 unspecified atom stereocenters. The van der Waals surface area contributed by atoms with E-state index in [-0.39, 0.29) is 17.2 Å². The molecule has 4 rings (SSSR count). The highest BCUT2D eigenvalue weighted by molar-refractivity contribution is 7.99. The maximum absolute atomic E-state index is 13.3. The number of aromatic nitrogens is 2. The first-order valence-corrected chi connectivity index (χ1v) is 11.0. The van der Waals surface area contributed by atoms with E-state index in [2.05, 4.69) is 10.3 Å². The number of imide groups is 1. The summed E-state index contributed by atoms with van der Waals surface area (Å²) in [5.41, 5.74) is 1.34. The molecule has 1 aromatic carbocycles. The summed E-state index contributed by atoms with van der Waals surface area (Å²) < 4.78 is 1.50. The molecule has 0 spiro atoms. The van der Waals surface area contributed by atoms with Gasteiger partial charge in [0.05, 0.1) is 16.8 Å². The number of halogens is 1. The van der Waals surface area contributed by atoms with Crippen LogP contribution in [0.25, 0.3) is 15.9 Å². The Bertz CT molecular complexity index is 1190. The lowest BCUT2D eigenvalue weighted by atomic mass is 10.2. The third-order valence-corrected chi connectivity index (χ3v) is 7.02. The zero-order chi connectivity index (χ0) is 20.7. The van der Waals surface area contributed by atoms with Crippen LogP contribution in [0.3, 0.4) is 0 Å². The summed E-state index contributed by atoms with van der Waals surface area (Å²) in [5, 5.41) is 4.15. The average Bonchev–Trinajstić information content (AvgIpc) is 3.24. The fourth-order valence-corrected chi connectivity index (χ4v) is 5.19. The van der Waals surface area contributed by atoms with Crippen molar-refractivity contribution in [3.8, 4) is 5.69 Å². The molecule has 1 fully saturated rings. The number of thioether (sulfide) groups is 1. The van der Waals surface area contributed by atoms with Crippen LogP contribution in [0.5, 0.6) is 0 Å². The van der Waals surface area contributed by atoms with Crippen molar-refractivity contribution in [3.63, 3.8) is 0 Å². The van der Waals surface area contributed by atoms with Crippen LogP contribution in [0.2, 0.25) is 5.02 Å². The summed E-state index contributed by atoms with van der Waals surface area (Å²) in [7, 11) is 0. The van der Waals surface area contributed by atoms with E-state index in [1.807, 2.05) is 13.8 Å². The van der Waals surface area contributed by atoms with Gasteiger partial charge in [0.15, 0.2) is 5.16 Å². The van der Waals surface area contributed by atoms with Gasteiger partial charge in [-0.05, 0) is 43.7 Å². The van der Waals surface area contributed by atoms with Crippen molar-refractivity contribution in [2.24, 2.45) is 0 Å². The normalized spacial score (nSPS) is 13.9. The topological polar surface area (TPSA) is 84.3 Å². The Balaban J connectivity index is 1.78. The second-order valence-corrected chi connectivity index (χ2v) is 9.12. The summed E-state index contributed by atoms with van der Waals surface area (Å²) in [4.78, 5) is 45.0. The first-order valence-electron chi connectivity index (χ1n) is 8.86. The molecule has 3 amide bonds. The van der Waals surface area contributed by atoms with Gasteiger partial charge >= 0.3 is 6.03 Å². The number of benzene rings is 1. The van der Waals surface area contributed by atoms with Crippen molar-refractivity contribution in [3.05, 3.63) is 50.1 Å². The van der Waals surface area contributed by atoms with E-state index in [1.165, 1.54) is 20.8 Å². The van der Waals surface area contributed by atoms with Crippen LogP contribution in [0, 0.1) is 13.8 Å². The number of aryl methyl sites for hydroxylation is 2. The Labute approximate surface area is 179 Å². The van der Waals surface area contributed by atoms with Crippen LogP contribution in [0.4, 0.5) is 4.79 Å². The third kappa shape index (κ3) is 3.65. The Hall–Kier alpha value is -2.36. The smallest absolute Gasteiger partial charge is 0.324 e. The molecule has 1 aliphatic rings. The van der Waals surface area contributed by atoms with Gasteiger partial charge in [0.2, 0.25) is 5.91 Å².